The van der Waals surface area contributed by atoms with Gasteiger partial charge in [-0.1, -0.05) is 6.07 Å². The van der Waals surface area contributed by atoms with Gasteiger partial charge in [-0.15, -0.1) is 0 Å². The molecular formula is C28H31N5O5. The lowest BCUT2D eigenvalue weighted by Crippen LogP contribution is -2.44. The normalized spacial score (nSPS) is 12.4. The molecule has 2 aromatic carbocycles. The van der Waals surface area contributed by atoms with Crippen LogP contribution < -0.4 is 16.2 Å². The van der Waals surface area contributed by atoms with Crippen LogP contribution in [0.4, 0.5) is 0 Å². The highest BCUT2D eigenvalue weighted by molar-refractivity contribution is 6.00. The van der Waals surface area contributed by atoms with Gasteiger partial charge in [-0.3, -0.25) is 14.4 Å². The van der Waals surface area contributed by atoms with E-state index in [0.29, 0.717) is 28.8 Å². The number of aromatic nitrogens is 3. The van der Waals surface area contributed by atoms with Gasteiger partial charge in [-0.25, -0.2) is 9.78 Å². The summed E-state index contributed by atoms with van der Waals surface area (Å²) in [4.78, 5) is 56.0. The second-order valence-electron chi connectivity index (χ2n) is 10.4. The number of carboxylic acid groups (broad SMARTS) is 1. The van der Waals surface area contributed by atoms with Gasteiger partial charge in [0.1, 0.15) is 11.9 Å². The minimum atomic E-state index is -1.20. The van der Waals surface area contributed by atoms with E-state index < -0.39 is 23.5 Å². The number of benzene rings is 2. The molecule has 0 aliphatic heterocycles. The van der Waals surface area contributed by atoms with Crippen molar-refractivity contribution in [2.45, 2.75) is 58.7 Å². The van der Waals surface area contributed by atoms with Crippen LogP contribution >= 0.6 is 0 Å². The van der Waals surface area contributed by atoms with Crippen LogP contribution in [0, 0.1) is 6.92 Å². The molecule has 10 nitrogen and oxygen atoms in total. The highest BCUT2D eigenvalue weighted by Gasteiger charge is 2.23. The van der Waals surface area contributed by atoms with E-state index in [4.69, 9.17) is 0 Å². The second-order valence-corrected chi connectivity index (χ2v) is 10.4. The molecule has 4 rings (SSSR count). The summed E-state index contributed by atoms with van der Waals surface area (Å²) < 4.78 is 2.00. The number of nitrogens with zero attached hydrogens (tertiary/aromatic N) is 2. The van der Waals surface area contributed by atoms with E-state index in [-0.39, 0.29) is 24.3 Å². The van der Waals surface area contributed by atoms with Crippen molar-refractivity contribution in [1.82, 2.24) is 25.2 Å². The Hall–Kier alpha value is -4.47. The molecule has 0 aliphatic carbocycles. The van der Waals surface area contributed by atoms with E-state index >= 15 is 0 Å². The fraction of sp³-hybridized carbons (Fsp3) is 0.321. The molecule has 0 bridgehead atoms. The Bertz CT molecular complexity index is 1600. The average molecular weight is 518 g/mol. The van der Waals surface area contributed by atoms with E-state index in [0.717, 1.165) is 16.5 Å². The van der Waals surface area contributed by atoms with Crippen LogP contribution in [-0.4, -0.2) is 49.0 Å². The fourth-order valence-electron chi connectivity index (χ4n) is 4.33. The molecule has 0 saturated heterocycles. The van der Waals surface area contributed by atoms with Crippen LogP contribution in [0.25, 0.3) is 21.8 Å². The van der Waals surface area contributed by atoms with Gasteiger partial charge in [0.25, 0.3) is 11.5 Å². The van der Waals surface area contributed by atoms with Crippen molar-refractivity contribution in [2.24, 2.45) is 0 Å². The summed E-state index contributed by atoms with van der Waals surface area (Å²) in [6.45, 7) is 7.77. The first-order valence-electron chi connectivity index (χ1n) is 12.3. The lowest BCUT2D eigenvalue weighted by Gasteiger charge is -2.21. The van der Waals surface area contributed by atoms with Gasteiger partial charge in [-0.05, 0) is 76.1 Å². The predicted molar refractivity (Wildman–Crippen MR) is 144 cm³/mol. The Labute approximate surface area is 219 Å². The summed E-state index contributed by atoms with van der Waals surface area (Å²) in [6, 6.07) is 11.4. The van der Waals surface area contributed by atoms with E-state index in [1.165, 1.54) is 0 Å². The van der Waals surface area contributed by atoms with Crippen molar-refractivity contribution < 1.29 is 19.5 Å². The molecular weight excluding hydrogens is 486 g/mol. The van der Waals surface area contributed by atoms with Gasteiger partial charge in [0.05, 0.1) is 10.9 Å². The van der Waals surface area contributed by atoms with Crippen LogP contribution in [0.15, 0.2) is 53.5 Å². The quantitative estimate of drug-likeness (QED) is 0.282. The number of aromatic amines is 1. The standard InChI is InChI=1S/C28H31N5O5/c1-16-29-21-7-5-17(13-20(21)26(36)30-16)15-33-12-11-18-14-19(6-9-23(18)33)25(35)31-22(27(37)38)8-10-24(34)32-28(2,3)4/h5-7,9,11-14,22H,8,10,15H2,1-4H3,(H,31,35)(H,32,34)(H,37,38)(H,29,30,36)/t22-/m0/s1. The minimum Gasteiger partial charge on any atom is -0.480 e. The third kappa shape index (κ3) is 6.26. The van der Waals surface area contributed by atoms with Crippen LogP contribution in [0.5, 0.6) is 0 Å². The number of rotatable bonds is 8. The summed E-state index contributed by atoms with van der Waals surface area (Å²) in [6.07, 6.45) is 1.85. The van der Waals surface area contributed by atoms with Crippen molar-refractivity contribution in [3.05, 3.63) is 76.0 Å². The molecule has 0 spiro atoms. The zero-order chi connectivity index (χ0) is 27.6. The molecule has 0 fully saturated rings. The number of H-pyrrole nitrogens is 1. The maximum Gasteiger partial charge on any atom is 0.326 e. The van der Waals surface area contributed by atoms with Gasteiger partial charge in [0.15, 0.2) is 0 Å². The second kappa shape index (κ2) is 10.5. The number of carbonyl (C=O) groups is 3. The number of aryl methyl sites for hydroxylation is 1. The van der Waals surface area contributed by atoms with Crippen LogP contribution in [0.3, 0.4) is 0 Å². The third-order valence-electron chi connectivity index (χ3n) is 6.05. The zero-order valence-corrected chi connectivity index (χ0v) is 21.8. The molecule has 0 radical (unpaired) electrons. The Kier molecular flexibility index (Phi) is 7.34. The zero-order valence-electron chi connectivity index (χ0n) is 21.8. The van der Waals surface area contributed by atoms with Gasteiger partial charge in [-0.2, -0.15) is 0 Å². The van der Waals surface area contributed by atoms with E-state index in [2.05, 4.69) is 20.6 Å². The topological polar surface area (TPSA) is 146 Å². The molecule has 0 saturated carbocycles. The van der Waals surface area contributed by atoms with Gasteiger partial charge >= 0.3 is 5.97 Å². The Balaban J connectivity index is 1.47. The fourth-order valence-corrected chi connectivity index (χ4v) is 4.33. The highest BCUT2D eigenvalue weighted by atomic mass is 16.4. The van der Waals surface area contributed by atoms with Gasteiger partial charge in [0, 0.05) is 41.2 Å². The maximum absolute atomic E-state index is 12.8. The van der Waals surface area contributed by atoms with E-state index in [1.54, 1.807) is 25.1 Å². The van der Waals surface area contributed by atoms with Crippen molar-refractivity contribution in [2.75, 3.05) is 0 Å². The number of nitrogens with one attached hydrogen (secondary N) is 3. The third-order valence-corrected chi connectivity index (χ3v) is 6.05. The van der Waals surface area contributed by atoms with Crippen LogP contribution in [-0.2, 0) is 16.1 Å². The number of carbonyl (C=O) groups excluding carboxylic acids is 2. The monoisotopic (exact) mass is 517 g/mol. The van der Waals surface area contributed by atoms with Crippen molar-refractivity contribution >= 4 is 39.6 Å². The molecule has 2 heterocycles. The molecule has 10 heteroatoms. The number of aliphatic carboxylic acids is 1. The first kappa shape index (κ1) is 26.6. The summed E-state index contributed by atoms with van der Waals surface area (Å²) in [7, 11) is 0. The smallest absolute Gasteiger partial charge is 0.326 e. The number of hydrogen-bond donors (Lipinski definition) is 4. The Morgan fingerprint density at radius 3 is 2.58 bits per heavy atom. The van der Waals surface area contributed by atoms with Crippen molar-refractivity contribution in [1.29, 1.82) is 0 Å². The summed E-state index contributed by atoms with van der Waals surface area (Å²) in [5, 5.41) is 16.2. The summed E-state index contributed by atoms with van der Waals surface area (Å²) in [5.74, 6) is -1.44. The predicted octanol–water partition coefficient (Wildman–Crippen LogP) is 3.11. The molecule has 0 aliphatic rings. The molecule has 4 N–H and O–H groups in total. The first-order valence-corrected chi connectivity index (χ1v) is 12.3. The first-order chi connectivity index (χ1) is 17.9. The van der Waals surface area contributed by atoms with Crippen molar-refractivity contribution in [3.63, 3.8) is 0 Å². The van der Waals surface area contributed by atoms with Crippen LogP contribution in [0.1, 0.15) is 55.4 Å². The molecule has 198 valence electrons. The number of carboxylic acids is 1. The van der Waals surface area contributed by atoms with Crippen molar-refractivity contribution in [3.8, 4) is 0 Å². The summed E-state index contributed by atoms with van der Waals surface area (Å²) in [5.41, 5.74) is 2.15. The largest absolute Gasteiger partial charge is 0.480 e. The Morgan fingerprint density at radius 1 is 1.11 bits per heavy atom. The highest BCUT2D eigenvalue weighted by Crippen LogP contribution is 2.20. The van der Waals surface area contributed by atoms with E-state index in [9.17, 15) is 24.3 Å². The lowest BCUT2D eigenvalue weighted by atomic mass is 10.1. The van der Waals surface area contributed by atoms with Crippen LogP contribution in [0.2, 0.25) is 0 Å². The summed E-state index contributed by atoms with van der Waals surface area (Å²) >= 11 is 0. The molecule has 0 unspecified atom stereocenters. The maximum atomic E-state index is 12.8. The van der Waals surface area contributed by atoms with Gasteiger partial charge in [0.2, 0.25) is 5.91 Å². The molecule has 4 aromatic rings. The molecule has 38 heavy (non-hydrogen) atoms. The van der Waals surface area contributed by atoms with E-state index in [1.807, 2.05) is 55.8 Å². The molecule has 2 amide bonds. The number of fused-ring (bicyclic) bond motifs is 2. The minimum absolute atomic E-state index is 0.0211. The molecule has 1 atom stereocenters. The SMILES string of the molecule is Cc1nc2ccc(Cn3ccc4cc(C(=O)N[C@@H](CCC(=O)NC(C)(C)C)C(=O)O)ccc43)cc2c(=O)[nH]1. The number of amides is 2. The lowest BCUT2D eigenvalue weighted by molar-refractivity contribution is -0.139. The Morgan fingerprint density at radius 2 is 1.87 bits per heavy atom. The van der Waals surface area contributed by atoms with Gasteiger partial charge < -0.3 is 25.3 Å². The number of hydrogen-bond acceptors (Lipinski definition) is 5. The molecule has 2 aromatic heterocycles. The average Bonchev–Trinajstić information content (AvgIpc) is 3.22.